The topological polar surface area (TPSA) is 85.3 Å². The predicted molar refractivity (Wildman–Crippen MR) is 92.3 cm³/mol. The Labute approximate surface area is 143 Å². The standard InChI is InChI=1S/C17H16ClN5O/c18-13-9-20-23-15(7-14(11-4-5-11)22-16(13)23)17(24)21-12-3-1-2-10(6-12)8-19/h1-3,6-7,9,11H,4-5,8,19H2,(H,21,24). The van der Waals surface area contributed by atoms with Crippen molar-refractivity contribution in [3.05, 3.63) is 58.5 Å². The molecule has 1 aliphatic carbocycles. The first kappa shape index (κ1) is 15.1. The van der Waals surface area contributed by atoms with Crippen molar-refractivity contribution in [1.29, 1.82) is 0 Å². The number of carbonyl (C=O) groups excluding carboxylic acids is 1. The third kappa shape index (κ3) is 2.74. The minimum atomic E-state index is -0.252. The number of anilines is 1. The molecule has 0 atom stereocenters. The zero-order chi connectivity index (χ0) is 16.7. The van der Waals surface area contributed by atoms with Crippen LogP contribution in [0, 0.1) is 0 Å². The van der Waals surface area contributed by atoms with Crippen LogP contribution in [0.25, 0.3) is 5.65 Å². The Hall–Kier alpha value is -2.44. The summed E-state index contributed by atoms with van der Waals surface area (Å²) in [4.78, 5) is 17.3. The maximum absolute atomic E-state index is 12.8. The van der Waals surface area contributed by atoms with Crippen molar-refractivity contribution in [2.24, 2.45) is 5.73 Å². The molecule has 1 aromatic carbocycles. The first-order valence-electron chi connectivity index (χ1n) is 7.80. The van der Waals surface area contributed by atoms with E-state index in [1.165, 1.54) is 10.7 Å². The van der Waals surface area contributed by atoms with Crippen LogP contribution in [0.3, 0.4) is 0 Å². The summed E-state index contributed by atoms with van der Waals surface area (Å²) < 4.78 is 1.48. The molecule has 1 amide bonds. The Morgan fingerprint density at radius 3 is 2.96 bits per heavy atom. The maximum Gasteiger partial charge on any atom is 0.274 e. The van der Waals surface area contributed by atoms with Gasteiger partial charge in [0.2, 0.25) is 0 Å². The molecule has 24 heavy (non-hydrogen) atoms. The lowest BCUT2D eigenvalue weighted by molar-refractivity contribution is 0.101. The maximum atomic E-state index is 12.8. The van der Waals surface area contributed by atoms with Gasteiger partial charge in [0.15, 0.2) is 5.65 Å². The number of nitrogens with zero attached hydrogens (tertiary/aromatic N) is 3. The third-order valence-electron chi connectivity index (χ3n) is 4.10. The Balaban J connectivity index is 1.73. The number of rotatable bonds is 4. The molecule has 7 heteroatoms. The molecule has 0 spiro atoms. The van der Waals surface area contributed by atoms with Crippen LogP contribution in [0.15, 0.2) is 36.5 Å². The molecule has 0 saturated heterocycles. The van der Waals surface area contributed by atoms with Crippen molar-refractivity contribution in [2.45, 2.75) is 25.3 Å². The zero-order valence-corrected chi connectivity index (χ0v) is 13.6. The van der Waals surface area contributed by atoms with Crippen molar-refractivity contribution in [2.75, 3.05) is 5.32 Å². The van der Waals surface area contributed by atoms with E-state index in [0.29, 0.717) is 34.5 Å². The molecule has 3 N–H and O–H groups in total. The van der Waals surface area contributed by atoms with Gasteiger partial charge in [-0.25, -0.2) is 9.50 Å². The van der Waals surface area contributed by atoms with Crippen molar-refractivity contribution in [3.8, 4) is 0 Å². The van der Waals surface area contributed by atoms with Crippen LogP contribution in [-0.4, -0.2) is 20.5 Å². The number of hydrogen-bond acceptors (Lipinski definition) is 4. The minimum Gasteiger partial charge on any atom is -0.326 e. The van der Waals surface area contributed by atoms with Gasteiger partial charge in [-0.15, -0.1) is 0 Å². The second kappa shape index (κ2) is 5.89. The minimum absolute atomic E-state index is 0.252. The summed E-state index contributed by atoms with van der Waals surface area (Å²) in [7, 11) is 0. The molecular formula is C17H16ClN5O. The highest BCUT2D eigenvalue weighted by atomic mass is 35.5. The Kier molecular flexibility index (Phi) is 3.70. The lowest BCUT2D eigenvalue weighted by Gasteiger charge is -2.09. The quantitative estimate of drug-likeness (QED) is 0.764. The van der Waals surface area contributed by atoms with Crippen molar-refractivity contribution in [3.63, 3.8) is 0 Å². The summed E-state index contributed by atoms with van der Waals surface area (Å²) in [6.07, 6.45) is 3.69. The Morgan fingerprint density at radius 1 is 1.38 bits per heavy atom. The van der Waals surface area contributed by atoms with Gasteiger partial charge in [-0.3, -0.25) is 4.79 Å². The molecule has 0 bridgehead atoms. The van der Waals surface area contributed by atoms with Crippen LogP contribution in [-0.2, 0) is 6.54 Å². The van der Waals surface area contributed by atoms with Gasteiger partial charge in [-0.05, 0) is 36.6 Å². The highest BCUT2D eigenvalue weighted by Crippen LogP contribution is 2.39. The Bertz CT molecular complexity index is 932. The summed E-state index contributed by atoms with van der Waals surface area (Å²) in [5.41, 5.74) is 9.13. The molecule has 6 nitrogen and oxygen atoms in total. The van der Waals surface area contributed by atoms with E-state index in [1.807, 2.05) is 24.3 Å². The average molecular weight is 342 g/mol. The lowest BCUT2D eigenvalue weighted by atomic mass is 10.2. The molecular weight excluding hydrogens is 326 g/mol. The monoisotopic (exact) mass is 341 g/mol. The zero-order valence-electron chi connectivity index (χ0n) is 12.9. The van der Waals surface area contributed by atoms with Crippen LogP contribution >= 0.6 is 11.6 Å². The van der Waals surface area contributed by atoms with Gasteiger partial charge < -0.3 is 11.1 Å². The van der Waals surface area contributed by atoms with E-state index in [9.17, 15) is 4.79 Å². The first-order chi connectivity index (χ1) is 11.7. The number of benzene rings is 1. The van der Waals surface area contributed by atoms with Crippen LogP contribution in [0.5, 0.6) is 0 Å². The number of aromatic nitrogens is 3. The van der Waals surface area contributed by atoms with Crippen molar-refractivity contribution in [1.82, 2.24) is 14.6 Å². The number of hydrogen-bond donors (Lipinski definition) is 2. The molecule has 2 aromatic heterocycles. The molecule has 0 radical (unpaired) electrons. The summed E-state index contributed by atoms with van der Waals surface area (Å²) >= 11 is 6.15. The summed E-state index contributed by atoms with van der Waals surface area (Å²) in [5, 5.41) is 7.51. The van der Waals surface area contributed by atoms with Gasteiger partial charge in [0.25, 0.3) is 5.91 Å². The fraction of sp³-hybridized carbons (Fsp3) is 0.235. The fourth-order valence-electron chi connectivity index (χ4n) is 2.68. The number of halogens is 1. The van der Waals surface area contributed by atoms with E-state index in [0.717, 1.165) is 24.1 Å². The summed E-state index contributed by atoms with van der Waals surface area (Å²) in [6.45, 7) is 0.420. The van der Waals surface area contributed by atoms with Gasteiger partial charge in [-0.1, -0.05) is 23.7 Å². The smallest absolute Gasteiger partial charge is 0.274 e. The van der Waals surface area contributed by atoms with Crippen LogP contribution in [0.1, 0.15) is 40.5 Å². The first-order valence-corrected chi connectivity index (χ1v) is 8.18. The second-order valence-corrected chi connectivity index (χ2v) is 6.33. The van der Waals surface area contributed by atoms with Gasteiger partial charge in [-0.2, -0.15) is 5.10 Å². The van der Waals surface area contributed by atoms with E-state index < -0.39 is 0 Å². The van der Waals surface area contributed by atoms with Gasteiger partial charge in [0.1, 0.15) is 10.7 Å². The molecule has 4 rings (SSSR count). The third-order valence-corrected chi connectivity index (χ3v) is 4.36. The van der Waals surface area contributed by atoms with E-state index in [1.54, 1.807) is 6.07 Å². The fourth-order valence-corrected chi connectivity index (χ4v) is 2.84. The molecule has 2 heterocycles. The number of nitrogens with one attached hydrogen (secondary N) is 1. The number of nitrogens with two attached hydrogens (primary N) is 1. The van der Waals surface area contributed by atoms with Crippen molar-refractivity contribution >= 4 is 28.8 Å². The highest BCUT2D eigenvalue weighted by molar-refractivity contribution is 6.33. The molecule has 1 saturated carbocycles. The number of fused-ring (bicyclic) bond motifs is 1. The van der Waals surface area contributed by atoms with E-state index in [2.05, 4.69) is 15.4 Å². The number of amides is 1. The van der Waals surface area contributed by atoms with Gasteiger partial charge in [0, 0.05) is 23.8 Å². The van der Waals surface area contributed by atoms with Crippen LogP contribution < -0.4 is 11.1 Å². The predicted octanol–water partition coefficient (Wildman–Crippen LogP) is 2.97. The SMILES string of the molecule is NCc1cccc(NC(=O)c2cc(C3CC3)nc3c(Cl)cnn23)c1. The van der Waals surface area contributed by atoms with E-state index in [4.69, 9.17) is 17.3 Å². The average Bonchev–Trinajstić information content (AvgIpc) is 3.38. The molecule has 1 aliphatic rings. The normalized spacial score (nSPS) is 14.1. The van der Waals surface area contributed by atoms with E-state index >= 15 is 0 Å². The Morgan fingerprint density at radius 2 is 2.21 bits per heavy atom. The number of carbonyl (C=O) groups is 1. The largest absolute Gasteiger partial charge is 0.326 e. The van der Waals surface area contributed by atoms with Crippen molar-refractivity contribution < 1.29 is 4.79 Å². The molecule has 1 fully saturated rings. The summed E-state index contributed by atoms with van der Waals surface area (Å²) in [6, 6.07) is 9.26. The summed E-state index contributed by atoms with van der Waals surface area (Å²) in [5.74, 6) is 0.159. The van der Waals surface area contributed by atoms with Gasteiger partial charge in [0.05, 0.1) is 6.20 Å². The second-order valence-electron chi connectivity index (χ2n) is 5.93. The molecule has 0 aliphatic heterocycles. The van der Waals surface area contributed by atoms with Crippen LogP contribution in [0.2, 0.25) is 5.02 Å². The lowest BCUT2D eigenvalue weighted by Crippen LogP contribution is -2.18. The molecule has 122 valence electrons. The van der Waals surface area contributed by atoms with Crippen LogP contribution in [0.4, 0.5) is 5.69 Å². The van der Waals surface area contributed by atoms with Gasteiger partial charge >= 0.3 is 0 Å². The molecule has 0 unspecified atom stereocenters. The highest BCUT2D eigenvalue weighted by Gasteiger charge is 2.28. The molecule has 3 aromatic rings. The van der Waals surface area contributed by atoms with E-state index in [-0.39, 0.29) is 5.91 Å².